The third-order valence-electron chi connectivity index (χ3n) is 20.8. The van der Waals surface area contributed by atoms with Crippen molar-refractivity contribution >= 4 is 87.2 Å². The number of hydrogen-bond acceptors (Lipinski definition) is 0. The highest BCUT2D eigenvalue weighted by atomic mass is 15.0. The average Bonchev–Trinajstić information content (AvgIpc) is 1.58. The number of aromatic nitrogens is 4. The van der Waals surface area contributed by atoms with Crippen LogP contribution in [0.3, 0.4) is 0 Å². The fourth-order valence-corrected chi connectivity index (χ4v) is 16.2. The van der Waals surface area contributed by atoms with E-state index in [0.717, 1.165) is 55.9 Å². The van der Waals surface area contributed by atoms with E-state index >= 15 is 0 Å². The Labute approximate surface area is 578 Å². The molecule has 4 nitrogen and oxygen atoms in total. The fraction of sp³-hybridized carbons (Fsp3) is 0. The Morgan fingerprint density at radius 3 is 1.01 bits per heavy atom. The molecule has 4 heterocycles. The Kier molecular flexibility index (Phi) is 13.2. The zero-order chi connectivity index (χ0) is 65.8. The number of hydrogen-bond donors (Lipinski definition) is 0. The largest absolute Gasteiger partial charge is 0.309 e. The van der Waals surface area contributed by atoms with Crippen LogP contribution in [0.5, 0.6) is 0 Å². The summed E-state index contributed by atoms with van der Waals surface area (Å²) in [6.07, 6.45) is 0. The maximum absolute atomic E-state index is 2.47. The maximum Gasteiger partial charge on any atom is 0.0547 e. The van der Waals surface area contributed by atoms with Crippen LogP contribution >= 0.6 is 0 Å². The molecule has 16 aromatic carbocycles. The normalized spacial score (nSPS) is 11.8. The van der Waals surface area contributed by atoms with Gasteiger partial charge in [0.15, 0.2) is 0 Å². The summed E-state index contributed by atoms with van der Waals surface area (Å²) in [6, 6.07) is 139. The smallest absolute Gasteiger partial charge is 0.0547 e. The van der Waals surface area contributed by atoms with Crippen LogP contribution < -0.4 is 0 Å². The molecule has 0 fully saturated rings. The Bertz CT molecular complexity index is 6560. The first kappa shape index (κ1) is 57.0. The van der Waals surface area contributed by atoms with Crippen molar-refractivity contribution in [3.8, 4) is 101 Å². The van der Waals surface area contributed by atoms with Gasteiger partial charge in [-0.05, 0) is 199 Å². The molecule has 0 saturated heterocycles. The number of benzene rings is 16. The lowest BCUT2D eigenvalue weighted by Gasteiger charge is -2.15. The average molecular weight is 1270 g/mol. The van der Waals surface area contributed by atoms with E-state index in [0.29, 0.717) is 0 Å². The van der Waals surface area contributed by atoms with Crippen molar-refractivity contribution in [2.75, 3.05) is 0 Å². The molecule has 0 N–H and O–H groups in total. The van der Waals surface area contributed by atoms with Crippen molar-refractivity contribution in [3.63, 3.8) is 0 Å². The van der Waals surface area contributed by atoms with Crippen molar-refractivity contribution in [1.82, 2.24) is 18.3 Å². The summed E-state index contributed by atoms with van der Waals surface area (Å²) in [5.74, 6) is 0. The van der Waals surface area contributed by atoms with Crippen LogP contribution in [0.4, 0.5) is 0 Å². The molecule has 0 atom stereocenters. The highest BCUT2D eigenvalue weighted by Crippen LogP contribution is 2.48. The zero-order valence-electron chi connectivity index (χ0n) is 54.6. The lowest BCUT2D eigenvalue weighted by Crippen LogP contribution is -1.96. The van der Waals surface area contributed by atoms with Crippen LogP contribution in [0.15, 0.2) is 376 Å². The van der Waals surface area contributed by atoms with E-state index in [1.54, 1.807) is 0 Å². The number of nitrogens with zero attached hydrogens (tertiary/aromatic N) is 4. The van der Waals surface area contributed by atoms with Gasteiger partial charge in [-0.2, -0.15) is 0 Å². The molecule has 0 aliphatic heterocycles. The summed E-state index contributed by atoms with van der Waals surface area (Å²) in [6.45, 7) is 0. The molecule has 0 spiro atoms. The standard InChI is InChI=1S/C96H62N4/c1-7-23-63(24-8-1)71-43-51-79-84-59-72(77-52-56-92-96(95(77)68-29-13-4-14-30-68)80-36-20-22-38-88(80)98(92)74-33-17-6-18-34-74)46-55-90(84)99(93(79)60-71)75-47-39-64(40-48-75)65-41-49-76(50-42-65)100-91-54-45-70(69-44-53-89-83(57-69)78-35-19-21-37-87(78)97(89)73-31-15-5-16-32-73)58-85(91)86-61-81(66-25-9-2-10-26-66)82(62-94(86)100)67-27-11-3-12-28-67/h1-62H. The summed E-state index contributed by atoms with van der Waals surface area (Å²) in [5, 5.41) is 9.78. The molecule has 100 heavy (non-hydrogen) atoms. The van der Waals surface area contributed by atoms with E-state index < -0.39 is 0 Å². The number of para-hydroxylation sites is 4. The minimum atomic E-state index is 1.10. The van der Waals surface area contributed by atoms with E-state index in [-0.39, 0.29) is 0 Å². The van der Waals surface area contributed by atoms with E-state index in [9.17, 15) is 0 Å². The lowest BCUT2D eigenvalue weighted by atomic mass is 9.90. The van der Waals surface area contributed by atoms with Gasteiger partial charge in [-0.15, -0.1) is 0 Å². The Hall–Kier alpha value is -13.3. The van der Waals surface area contributed by atoms with Crippen LogP contribution in [0.1, 0.15) is 0 Å². The van der Waals surface area contributed by atoms with Crippen LogP contribution in [-0.2, 0) is 0 Å². The Morgan fingerprint density at radius 2 is 0.460 bits per heavy atom. The van der Waals surface area contributed by atoms with Crippen molar-refractivity contribution < 1.29 is 0 Å². The highest BCUT2D eigenvalue weighted by Gasteiger charge is 2.24. The van der Waals surface area contributed by atoms with Gasteiger partial charge in [0.1, 0.15) is 0 Å². The van der Waals surface area contributed by atoms with Gasteiger partial charge in [-0.3, -0.25) is 0 Å². The first-order chi connectivity index (χ1) is 49.6. The van der Waals surface area contributed by atoms with Gasteiger partial charge in [-0.1, -0.05) is 255 Å². The van der Waals surface area contributed by atoms with E-state index in [4.69, 9.17) is 0 Å². The molecule has 0 bridgehead atoms. The molecule has 0 radical (unpaired) electrons. The second-order valence-corrected chi connectivity index (χ2v) is 26.3. The molecule has 4 aromatic heterocycles. The summed E-state index contributed by atoms with van der Waals surface area (Å²) in [4.78, 5) is 0. The van der Waals surface area contributed by atoms with Crippen LogP contribution in [0, 0.1) is 0 Å². The van der Waals surface area contributed by atoms with Crippen molar-refractivity contribution in [1.29, 1.82) is 0 Å². The molecule has 20 rings (SSSR count). The van der Waals surface area contributed by atoms with Crippen molar-refractivity contribution in [2.45, 2.75) is 0 Å². The SMILES string of the molecule is c1ccc(-c2ccc3c4cc(-c5ccc6c(c5-c5ccccc5)c5ccccc5n6-c5ccccc5)ccc4n(-c4ccc(-c5ccc(-n6c7ccc(-c8ccc9c(c8)c8ccccc8n9-c8ccccc8)cc7c7cc(-c8ccccc8)c(-c8ccccc8)cc76)cc5)cc4)c3c2)cc1. The second kappa shape index (κ2) is 23.2. The van der Waals surface area contributed by atoms with Gasteiger partial charge in [0.05, 0.1) is 44.1 Å². The minimum absolute atomic E-state index is 1.10. The molecular formula is C96H62N4. The molecule has 20 aromatic rings. The van der Waals surface area contributed by atoms with E-state index in [1.807, 2.05) is 0 Å². The van der Waals surface area contributed by atoms with E-state index in [1.165, 1.54) is 132 Å². The predicted molar refractivity (Wildman–Crippen MR) is 422 cm³/mol. The molecule has 0 amide bonds. The highest BCUT2D eigenvalue weighted by molar-refractivity contribution is 6.20. The van der Waals surface area contributed by atoms with Crippen LogP contribution in [0.2, 0.25) is 0 Å². The lowest BCUT2D eigenvalue weighted by molar-refractivity contribution is 1.18. The van der Waals surface area contributed by atoms with Gasteiger partial charge in [0.25, 0.3) is 0 Å². The molecule has 0 saturated carbocycles. The molecular weight excluding hydrogens is 1210 g/mol. The molecule has 0 unspecified atom stereocenters. The van der Waals surface area contributed by atoms with Gasteiger partial charge in [-0.25, -0.2) is 0 Å². The number of rotatable bonds is 11. The van der Waals surface area contributed by atoms with Crippen molar-refractivity contribution in [2.24, 2.45) is 0 Å². The molecule has 0 aliphatic rings. The Balaban J connectivity index is 0.708. The Morgan fingerprint density at radius 1 is 0.140 bits per heavy atom. The molecule has 466 valence electrons. The first-order valence-corrected chi connectivity index (χ1v) is 34.5. The quantitative estimate of drug-likeness (QED) is 0.123. The third-order valence-corrected chi connectivity index (χ3v) is 20.8. The van der Waals surface area contributed by atoms with Gasteiger partial charge >= 0.3 is 0 Å². The third kappa shape index (κ3) is 9.22. The summed E-state index contributed by atoms with van der Waals surface area (Å²) in [5.41, 5.74) is 30.5. The first-order valence-electron chi connectivity index (χ1n) is 34.5. The predicted octanol–water partition coefficient (Wildman–Crippen LogP) is 25.7. The molecule has 0 aliphatic carbocycles. The van der Waals surface area contributed by atoms with E-state index in [2.05, 4.69) is 394 Å². The molecule has 4 heteroatoms. The summed E-state index contributed by atoms with van der Waals surface area (Å²) < 4.78 is 9.75. The monoisotopic (exact) mass is 1270 g/mol. The van der Waals surface area contributed by atoms with Gasteiger partial charge in [0, 0.05) is 65.8 Å². The van der Waals surface area contributed by atoms with Crippen molar-refractivity contribution in [3.05, 3.63) is 376 Å². The number of fused-ring (bicyclic) bond motifs is 12. The maximum atomic E-state index is 2.47. The van der Waals surface area contributed by atoms with Gasteiger partial charge in [0.2, 0.25) is 0 Å². The summed E-state index contributed by atoms with van der Waals surface area (Å²) >= 11 is 0. The van der Waals surface area contributed by atoms with Gasteiger partial charge < -0.3 is 18.3 Å². The summed E-state index contributed by atoms with van der Waals surface area (Å²) in [7, 11) is 0. The second-order valence-electron chi connectivity index (χ2n) is 26.3. The fourth-order valence-electron chi connectivity index (χ4n) is 16.2. The zero-order valence-corrected chi connectivity index (χ0v) is 54.6. The minimum Gasteiger partial charge on any atom is -0.309 e. The topological polar surface area (TPSA) is 19.7 Å². The van der Waals surface area contributed by atoms with Crippen LogP contribution in [-0.4, -0.2) is 18.3 Å². The van der Waals surface area contributed by atoms with Crippen LogP contribution in [0.25, 0.3) is 188 Å².